The van der Waals surface area contributed by atoms with Gasteiger partial charge in [-0.25, -0.2) is 0 Å². The molecule has 2 aromatic heterocycles. The van der Waals surface area contributed by atoms with Crippen LogP contribution in [0.2, 0.25) is 0 Å². The minimum absolute atomic E-state index is 0.118. The fourth-order valence-electron chi connectivity index (χ4n) is 4.34. The Morgan fingerprint density at radius 2 is 1.13 bits per heavy atom. The van der Waals surface area contributed by atoms with E-state index in [-0.39, 0.29) is 11.8 Å². The van der Waals surface area contributed by atoms with Gasteiger partial charge in [0.05, 0.1) is 0 Å². The lowest BCUT2D eigenvalue weighted by Crippen LogP contribution is -2.54. The van der Waals surface area contributed by atoms with E-state index in [4.69, 9.17) is 0 Å². The van der Waals surface area contributed by atoms with Gasteiger partial charge in [-0.2, -0.15) is 0 Å². The number of rotatable bonds is 2. The van der Waals surface area contributed by atoms with Gasteiger partial charge in [0, 0.05) is 68.4 Å². The maximum absolute atomic E-state index is 13.5. The molecule has 0 radical (unpaired) electrons. The molecular formula is C22H18Br2N4O2. The summed E-state index contributed by atoms with van der Waals surface area (Å²) in [6.07, 6.45) is 3.64. The zero-order chi connectivity index (χ0) is 21.2. The molecule has 0 spiro atoms. The summed E-state index contributed by atoms with van der Waals surface area (Å²) in [5, 5.41) is 1.84. The molecule has 2 amide bonds. The number of nitrogens with zero attached hydrogens (tertiary/aromatic N) is 2. The van der Waals surface area contributed by atoms with Crippen LogP contribution in [-0.4, -0.2) is 45.7 Å². The number of fused-ring (bicyclic) bond motifs is 2. The van der Waals surface area contributed by atoms with Crippen molar-refractivity contribution in [3.63, 3.8) is 0 Å². The topological polar surface area (TPSA) is 72.2 Å². The summed E-state index contributed by atoms with van der Waals surface area (Å²) in [6.45, 7) is 0. The molecule has 1 aliphatic heterocycles. The van der Waals surface area contributed by atoms with E-state index < -0.39 is 12.1 Å². The van der Waals surface area contributed by atoms with E-state index in [2.05, 4.69) is 41.8 Å². The minimum Gasteiger partial charge on any atom is -0.361 e. The fourth-order valence-corrected chi connectivity index (χ4v) is 5.06. The molecule has 2 atom stereocenters. The monoisotopic (exact) mass is 528 g/mol. The number of carbonyl (C=O) groups excluding carboxylic acids is 2. The molecule has 152 valence electrons. The van der Waals surface area contributed by atoms with Crippen LogP contribution < -0.4 is 0 Å². The Morgan fingerprint density at radius 3 is 1.53 bits per heavy atom. The Kier molecular flexibility index (Phi) is 4.52. The van der Waals surface area contributed by atoms with Crippen LogP contribution >= 0.6 is 31.9 Å². The van der Waals surface area contributed by atoms with Gasteiger partial charge in [-0.05, 0) is 36.4 Å². The summed E-state index contributed by atoms with van der Waals surface area (Å²) < 4.78 is 1.84. The maximum Gasteiger partial charge on any atom is 0.250 e. The average Bonchev–Trinajstić information content (AvgIpc) is 3.31. The van der Waals surface area contributed by atoms with Crippen LogP contribution in [0, 0.1) is 0 Å². The molecule has 0 unspecified atom stereocenters. The molecule has 2 N–H and O–H groups in total. The van der Waals surface area contributed by atoms with Gasteiger partial charge < -0.3 is 19.8 Å². The highest BCUT2D eigenvalue weighted by molar-refractivity contribution is 9.10. The fraction of sp³-hybridized carbons (Fsp3) is 0.182. The molecule has 3 heterocycles. The number of H-pyrrole nitrogens is 2. The summed E-state index contributed by atoms with van der Waals surface area (Å²) >= 11 is 6.99. The third-order valence-electron chi connectivity index (χ3n) is 5.88. The van der Waals surface area contributed by atoms with Crippen LogP contribution in [0.15, 0.2) is 57.7 Å². The summed E-state index contributed by atoms with van der Waals surface area (Å²) in [4.78, 5) is 36.6. The highest BCUT2D eigenvalue weighted by Gasteiger charge is 2.45. The number of hydrogen-bond donors (Lipinski definition) is 2. The number of aromatic amines is 2. The summed E-state index contributed by atoms with van der Waals surface area (Å²) in [7, 11) is 3.40. The molecule has 6 nitrogen and oxygen atoms in total. The van der Waals surface area contributed by atoms with Crippen molar-refractivity contribution in [3.05, 3.63) is 68.9 Å². The smallest absolute Gasteiger partial charge is 0.250 e. The average molecular weight is 530 g/mol. The molecule has 5 rings (SSSR count). The van der Waals surface area contributed by atoms with Crippen molar-refractivity contribution in [1.82, 2.24) is 19.8 Å². The number of hydrogen-bond acceptors (Lipinski definition) is 2. The van der Waals surface area contributed by atoms with Crippen LogP contribution in [0.3, 0.4) is 0 Å². The van der Waals surface area contributed by atoms with Gasteiger partial charge in [-0.3, -0.25) is 9.59 Å². The second kappa shape index (κ2) is 6.99. The Labute approximate surface area is 189 Å². The molecule has 8 heteroatoms. The Bertz CT molecular complexity index is 1220. The van der Waals surface area contributed by atoms with E-state index in [1.807, 2.05) is 48.8 Å². The molecule has 1 aliphatic rings. The molecule has 1 saturated heterocycles. The zero-order valence-corrected chi connectivity index (χ0v) is 19.4. The summed E-state index contributed by atoms with van der Waals surface area (Å²) in [5.41, 5.74) is 3.43. The number of aromatic nitrogens is 2. The van der Waals surface area contributed by atoms with Gasteiger partial charge in [0.2, 0.25) is 0 Å². The molecule has 2 aromatic carbocycles. The van der Waals surface area contributed by atoms with Crippen molar-refractivity contribution < 1.29 is 9.59 Å². The Morgan fingerprint density at radius 1 is 0.733 bits per heavy atom. The van der Waals surface area contributed by atoms with Crippen molar-refractivity contribution in [2.45, 2.75) is 12.1 Å². The molecule has 0 aliphatic carbocycles. The second-order valence-corrected chi connectivity index (χ2v) is 9.40. The quantitative estimate of drug-likeness (QED) is 0.388. The van der Waals surface area contributed by atoms with E-state index >= 15 is 0 Å². The van der Waals surface area contributed by atoms with Crippen molar-refractivity contribution >= 4 is 65.5 Å². The highest BCUT2D eigenvalue weighted by Crippen LogP contribution is 2.40. The first kappa shape index (κ1) is 19.4. The van der Waals surface area contributed by atoms with Crippen LogP contribution in [0.4, 0.5) is 0 Å². The molecule has 0 bridgehead atoms. The number of benzene rings is 2. The predicted octanol–water partition coefficient (Wildman–Crippen LogP) is 4.89. The first-order chi connectivity index (χ1) is 14.4. The molecule has 1 fully saturated rings. The first-order valence-corrected chi connectivity index (χ1v) is 11.0. The lowest BCUT2D eigenvalue weighted by Gasteiger charge is -2.41. The van der Waals surface area contributed by atoms with Gasteiger partial charge in [0.1, 0.15) is 12.1 Å². The summed E-state index contributed by atoms with van der Waals surface area (Å²) in [5.74, 6) is -0.236. The highest BCUT2D eigenvalue weighted by atomic mass is 79.9. The van der Waals surface area contributed by atoms with E-state index in [0.717, 1.165) is 41.9 Å². The van der Waals surface area contributed by atoms with Gasteiger partial charge >= 0.3 is 0 Å². The minimum atomic E-state index is -0.682. The van der Waals surface area contributed by atoms with E-state index in [1.54, 1.807) is 23.9 Å². The summed E-state index contributed by atoms with van der Waals surface area (Å²) in [6, 6.07) is 10.4. The molecular weight excluding hydrogens is 512 g/mol. The van der Waals surface area contributed by atoms with Crippen molar-refractivity contribution in [3.8, 4) is 0 Å². The number of halogens is 2. The second-order valence-electron chi connectivity index (χ2n) is 7.57. The molecule has 30 heavy (non-hydrogen) atoms. The zero-order valence-electron chi connectivity index (χ0n) is 16.2. The van der Waals surface area contributed by atoms with Crippen LogP contribution in [0.1, 0.15) is 23.2 Å². The Balaban J connectivity index is 1.60. The molecule has 0 saturated carbocycles. The van der Waals surface area contributed by atoms with Crippen molar-refractivity contribution in [2.75, 3.05) is 14.1 Å². The predicted molar refractivity (Wildman–Crippen MR) is 123 cm³/mol. The number of amides is 2. The number of carbonyl (C=O) groups is 2. The van der Waals surface area contributed by atoms with Crippen molar-refractivity contribution in [1.29, 1.82) is 0 Å². The molecule has 4 aromatic rings. The number of nitrogens with one attached hydrogen (secondary N) is 2. The van der Waals surface area contributed by atoms with E-state index in [1.165, 1.54) is 0 Å². The SMILES string of the molecule is CN1C(=O)[C@@H](c2c[nH]c3ccc(Br)cc23)N(C)C(=O)[C@H]1c1c[nH]c2ccc(Br)cc12. The van der Waals surface area contributed by atoms with Crippen LogP contribution in [-0.2, 0) is 9.59 Å². The third kappa shape index (κ3) is 2.81. The van der Waals surface area contributed by atoms with Gasteiger partial charge in [0.15, 0.2) is 0 Å². The van der Waals surface area contributed by atoms with Gasteiger partial charge in [-0.15, -0.1) is 0 Å². The lowest BCUT2D eigenvalue weighted by molar-refractivity contribution is -0.159. The third-order valence-corrected chi connectivity index (χ3v) is 6.86. The van der Waals surface area contributed by atoms with E-state index in [0.29, 0.717) is 0 Å². The number of piperazine rings is 1. The van der Waals surface area contributed by atoms with Gasteiger partial charge in [0.25, 0.3) is 11.8 Å². The largest absolute Gasteiger partial charge is 0.361 e. The Hall–Kier alpha value is -2.58. The first-order valence-electron chi connectivity index (χ1n) is 9.43. The van der Waals surface area contributed by atoms with Crippen molar-refractivity contribution in [2.24, 2.45) is 0 Å². The van der Waals surface area contributed by atoms with Crippen LogP contribution in [0.25, 0.3) is 21.8 Å². The van der Waals surface area contributed by atoms with Crippen LogP contribution in [0.5, 0.6) is 0 Å². The number of likely N-dealkylation sites (N-methyl/N-ethyl adjacent to an activating group) is 2. The van der Waals surface area contributed by atoms with E-state index in [9.17, 15) is 9.59 Å². The van der Waals surface area contributed by atoms with Gasteiger partial charge in [-0.1, -0.05) is 31.9 Å². The maximum atomic E-state index is 13.5. The lowest BCUT2D eigenvalue weighted by atomic mass is 9.94. The standard InChI is InChI=1S/C22H18Br2N4O2/c1-27-19(15-9-25-17-5-3-11(23)7-13(15)17)22(30)28(2)20(21(27)29)16-10-26-18-6-4-12(24)8-14(16)18/h3-10,19-20,25-26H,1-2H3/t19-,20-/m1/s1. The normalized spacial score (nSPS) is 20.0.